The van der Waals surface area contributed by atoms with Gasteiger partial charge in [-0.05, 0) is 30.3 Å². The number of anilines is 2. The van der Waals surface area contributed by atoms with Gasteiger partial charge in [-0.3, -0.25) is 0 Å². The van der Waals surface area contributed by atoms with Crippen LogP contribution in [0.4, 0.5) is 11.4 Å². The summed E-state index contributed by atoms with van der Waals surface area (Å²) in [6.45, 7) is 0. The van der Waals surface area contributed by atoms with Crippen molar-refractivity contribution < 1.29 is 9.90 Å². The lowest BCUT2D eigenvalue weighted by Gasteiger charge is -2.09. The van der Waals surface area contributed by atoms with Gasteiger partial charge in [0.15, 0.2) is 0 Å². The van der Waals surface area contributed by atoms with E-state index in [-0.39, 0.29) is 11.3 Å². The number of para-hydroxylation sites is 1. The van der Waals surface area contributed by atoms with Gasteiger partial charge in [0.25, 0.3) is 0 Å². The highest BCUT2D eigenvalue weighted by atomic mass is 16.4. The molecule has 0 aliphatic carbocycles. The summed E-state index contributed by atoms with van der Waals surface area (Å²) in [5, 5.41) is 12.2. The molecule has 6 heteroatoms. The number of nitrogens with one attached hydrogen (secondary N) is 3. The van der Waals surface area contributed by atoms with E-state index < -0.39 is 5.97 Å². The molecule has 3 aromatic rings. The molecule has 0 saturated heterocycles. The van der Waals surface area contributed by atoms with Gasteiger partial charge in [-0.15, -0.1) is 0 Å². The van der Waals surface area contributed by atoms with E-state index in [0.717, 1.165) is 0 Å². The van der Waals surface area contributed by atoms with Gasteiger partial charge < -0.3 is 20.4 Å². The minimum absolute atomic E-state index is 0.190. The largest absolute Gasteiger partial charge is 0.478 e. The van der Waals surface area contributed by atoms with Gasteiger partial charge in [0, 0.05) is 5.69 Å². The number of H-pyrrole nitrogens is 2. The lowest BCUT2D eigenvalue weighted by molar-refractivity contribution is 0.0698. The highest BCUT2D eigenvalue weighted by Crippen LogP contribution is 2.22. The minimum atomic E-state index is -0.996. The third kappa shape index (κ3) is 2.14. The first kappa shape index (κ1) is 12.0. The predicted octanol–water partition coefficient (Wildman–Crippen LogP) is 2.30. The van der Waals surface area contributed by atoms with E-state index >= 15 is 0 Å². The summed E-state index contributed by atoms with van der Waals surface area (Å²) < 4.78 is 0. The molecule has 1 heterocycles. The number of benzene rings is 2. The van der Waals surface area contributed by atoms with Crippen molar-refractivity contribution in [3.8, 4) is 0 Å². The molecule has 0 aliphatic rings. The fraction of sp³-hybridized carbons (Fsp3) is 0. The fourth-order valence-electron chi connectivity index (χ4n) is 2.04. The molecule has 0 saturated carbocycles. The molecule has 0 atom stereocenters. The molecule has 0 bridgehead atoms. The Morgan fingerprint density at radius 3 is 2.60 bits per heavy atom. The molecule has 6 nitrogen and oxygen atoms in total. The summed E-state index contributed by atoms with van der Waals surface area (Å²) in [4.78, 5) is 27.6. The van der Waals surface area contributed by atoms with Crippen LogP contribution in [0.25, 0.3) is 11.0 Å². The van der Waals surface area contributed by atoms with Crippen molar-refractivity contribution in [1.29, 1.82) is 0 Å². The van der Waals surface area contributed by atoms with Crippen LogP contribution in [0.1, 0.15) is 10.4 Å². The van der Waals surface area contributed by atoms with Gasteiger partial charge in [0.1, 0.15) is 0 Å². The predicted molar refractivity (Wildman–Crippen MR) is 75.6 cm³/mol. The van der Waals surface area contributed by atoms with Crippen LogP contribution in [-0.2, 0) is 0 Å². The van der Waals surface area contributed by atoms with Crippen molar-refractivity contribution >= 4 is 28.4 Å². The number of aromatic nitrogens is 2. The highest BCUT2D eigenvalue weighted by molar-refractivity contribution is 5.95. The Balaban J connectivity index is 2.00. The van der Waals surface area contributed by atoms with E-state index in [2.05, 4.69) is 15.3 Å². The van der Waals surface area contributed by atoms with Crippen LogP contribution >= 0.6 is 0 Å². The van der Waals surface area contributed by atoms with E-state index in [0.29, 0.717) is 22.4 Å². The Bertz CT molecular complexity index is 848. The summed E-state index contributed by atoms with van der Waals surface area (Å²) in [7, 11) is 0. The van der Waals surface area contributed by atoms with Crippen LogP contribution < -0.4 is 11.0 Å². The van der Waals surface area contributed by atoms with Gasteiger partial charge in [-0.2, -0.15) is 0 Å². The van der Waals surface area contributed by atoms with E-state index in [4.69, 9.17) is 5.11 Å². The Labute approximate surface area is 113 Å². The third-order valence-corrected chi connectivity index (χ3v) is 2.95. The Morgan fingerprint density at radius 2 is 1.80 bits per heavy atom. The summed E-state index contributed by atoms with van der Waals surface area (Å²) in [6.07, 6.45) is 0. The smallest absolute Gasteiger partial charge is 0.337 e. The number of carboxylic acids is 1. The fourth-order valence-corrected chi connectivity index (χ4v) is 2.04. The monoisotopic (exact) mass is 269 g/mol. The molecule has 0 radical (unpaired) electrons. The third-order valence-electron chi connectivity index (χ3n) is 2.95. The SMILES string of the molecule is O=C(O)c1ccccc1Nc1ccc2[nH]c(=O)[nH]c2c1. The quantitative estimate of drug-likeness (QED) is 0.586. The van der Waals surface area contributed by atoms with Crippen molar-refractivity contribution in [3.63, 3.8) is 0 Å². The number of hydrogen-bond acceptors (Lipinski definition) is 3. The topological polar surface area (TPSA) is 98.0 Å². The Hall–Kier alpha value is -3.02. The number of carbonyl (C=O) groups is 1. The van der Waals surface area contributed by atoms with Crippen LogP contribution in [0.15, 0.2) is 47.3 Å². The molecule has 2 aromatic carbocycles. The van der Waals surface area contributed by atoms with Crippen molar-refractivity contribution in [2.24, 2.45) is 0 Å². The number of rotatable bonds is 3. The molecule has 1 aromatic heterocycles. The van der Waals surface area contributed by atoms with Crippen LogP contribution in [0.3, 0.4) is 0 Å². The average Bonchev–Trinajstić information content (AvgIpc) is 2.78. The van der Waals surface area contributed by atoms with Crippen LogP contribution in [0, 0.1) is 0 Å². The molecule has 3 rings (SSSR count). The molecule has 0 spiro atoms. The molecular formula is C14H11N3O3. The Morgan fingerprint density at radius 1 is 1.05 bits per heavy atom. The second-order valence-corrected chi connectivity index (χ2v) is 4.32. The normalized spacial score (nSPS) is 10.6. The van der Waals surface area contributed by atoms with Crippen LogP contribution in [0.2, 0.25) is 0 Å². The van der Waals surface area contributed by atoms with Crippen molar-refractivity contribution in [2.45, 2.75) is 0 Å². The van der Waals surface area contributed by atoms with E-state index in [1.165, 1.54) is 6.07 Å². The molecule has 0 fully saturated rings. The van der Waals surface area contributed by atoms with Crippen molar-refractivity contribution in [2.75, 3.05) is 5.32 Å². The summed E-state index contributed by atoms with van der Waals surface area (Å²) in [5.74, 6) is -0.996. The maximum Gasteiger partial charge on any atom is 0.337 e. The van der Waals surface area contributed by atoms with Gasteiger partial charge in [-0.25, -0.2) is 9.59 Å². The molecule has 100 valence electrons. The number of aromatic carboxylic acids is 1. The second kappa shape index (κ2) is 4.58. The molecule has 4 N–H and O–H groups in total. The van der Waals surface area contributed by atoms with Gasteiger partial charge in [-0.1, -0.05) is 12.1 Å². The number of hydrogen-bond donors (Lipinski definition) is 4. The maximum atomic E-state index is 11.2. The van der Waals surface area contributed by atoms with E-state index in [1.54, 1.807) is 36.4 Å². The zero-order chi connectivity index (χ0) is 14.1. The summed E-state index contributed by atoms with van der Waals surface area (Å²) in [5.41, 5.74) is 2.47. The number of carboxylic acid groups (broad SMARTS) is 1. The van der Waals surface area contributed by atoms with Crippen molar-refractivity contribution in [3.05, 3.63) is 58.5 Å². The first-order valence-corrected chi connectivity index (χ1v) is 5.95. The molecule has 0 unspecified atom stereocenters. The summed E-state index contributed by atoms with van der Waals surface area (Å²) in [6, 6.07) is 11.9. The highest BCUT2D eigenvalue weighted by Gasteiger charge is 2.09. The lowest BCUT2D eigenvalue weighted by atomic mass is 10.1. The molecule has 20 heavy (non-hydrogen) atoms. The zero-order valence-corrected chi connectivity index (χ0v) is 10.3. The second-order valence-electron chi connectivity index (χ2n) is 4.32. The number of fused-ring (bicyclic) bond motifs is 1. The Kier molecular flexibility index (Phi) is 2.76. The van der Waals surface area contributed by atoms with Gasteiger partial charge in [0.2, 0.25) is 0 Å². The maximum absolute atomic E-state index is 11.2. The van der Waals surface area contributed by atoms with Crippen LogP contribution in [-0.4, -0.2) is 21.0 Å². The molecule has 0 aliphatic heterocycles. The van der Waals surface area contributed by atoms with E-state index in [9.17, 15) is 9.59 Å². The standard InChI is InChI=1S/C14H11N3O3/c18-13(19)9-3-1-2-4-10(9)15-8-5-6-11-12(7-8)17-14(20)16-11/h1-7,15H,(H,18,19)(H2,16,17,20). The van der Waals surface area contributed by atoms with Crippen LogP contribution in [0.5, 0.6) is 0 Å². The minimum Gasteiger partial charge on any atom is -0.478 e. The zero-order valence-electron chi connectivity index (χ0n) is 10.3. The number of aromatic amines is 2. The molecule has 0 amide bonds. The molecular weight excluding hydrogens is 258 g/mol. The lowest BCUT2D eigenvalue weighted by Crippen LogP contribution is -2.02. The van der Waals surface area contributed by atoms with Gasteiger partial charge >= 0.3 is 11.7 Å². The van der Waals surface area contributed by atoms with E-state index in [1.807, 2.05) is 0 Å². The number of imidazole rings is 1. The first-order valence-electron chi connectivity index (χ1n) is 5.95. The van der Waals surface area contributed by atoms with Gasteiger partial charge in [0.05, 0.1) is 22.3 Å². The first-order chi connectivity index (χ1) is 9.63. The van der Waals surface area contributed by atoms with Crippen molar-refractivity contribution in [1.82, 2.24) is 9.97 Å². The summed E-state index contributed by atoms with van der Waals surface area (Å²) >= 11 is 0. The average molecular weight is 269 g/mol.